The molecule has 0 fully saturated rings. The van der Waals surface area contributed by atoms with Crippen LogP contribution in [0, 0.1) is 34.6 Å². The first-order valence-electron chi connectivity index (χ1n) is 7.84. The van der Waals surface area contributed by atoms with Crippen molar-refractivity contribution >= 4 is 11.6 Å². The Morgan fingerprint density at radius 1 is 1.08 bits per heavy atom. The van der Waals surface area contributed by atoms with E-state index in [0.29, 0.717) is 24.8 Å². The average Bonchev–Trinajstić information content (AvgIpc) is 2.54. The van der Waals surface area contributed by atoms with Crippen LogP contribution >= 0.6 is 0 Å². The van der Waals surface area contributed by atoms with Crippen molar-refractivity contribution in [1.29, 1.82) is 0 Å². The van der Waals surface area contributed by atoms with E-state index in [-0.39, 0.29) is 38.8 Å². The molecule has 1 aliphatic heterocycles. The van der Waals surface area contributed by atoms with E-state index in [9.17, 15) is 0 Å². The van der Waals surface area contributed by atoms with Crippen molar-refractivity contribution in [3.8, 4) is 0 Å². The van der Waals surface area contributed by atoms with Gasteiger partial charge in [0.2, 0.25) is 0 Å². The van der Waals surface area contributed by atoms with Gasteiger partial charge < -0.3 is 14.4 Å². The number of hydrogen-bond donors (Lipinski definition) is 0. The Morgan fingerprint density at radius 2 is 1.71 bits per heavy atom. The minimum atomic E-state index is -0.0451. The van der Waals surface area contributed by atoms with Crippen molar-refractivity contribution in [2.75, 3.05) is 13.2 Å². The molecule has 129 valence electrons. The van der Waals surface area contributed by atoms with Crippen LogP contribution in [-0.2, 0) is 47.1 Å². The van der Waals surface area contributed by atoms with Gasteiger partial charge in [0.15, 0.2) is 6.61 Å². The molecule has 1 heterocycles. The molecule has 0 N–H and O–H groups in total. The van der Waals surface area contributed by atoms with E-state index in [1.54, 1.807) is 0 Å². The van der Waals surface area contributed by atoms with Crippen molar-refractivity contribution in [1.82, 2.24) is 0 Å². The second kappa shape index (κ2) is 8.86. The van der Waals surface area contributed by atoms with E-state index in [1.165, 1.54) is 11.1 Å². The number of rotatable bonds is 4. The van der Waals surface area contributed by atoms with Gasteiger partial charge in [-0.3, -0.25) is 0 Å². The van der Waals surface area contributed by atoms with Gasteiger partial charge in [0.25, 0.3) is 5.90 Å². The molecule has 0 amide bonds. The summed E-state index contributed by atoms with van der Waals surface area (Å²) in [5.74, 6) is 0.340. The molecule has 0 saturated heterocycles. The number of benzene rings is 1. The second-order valence-corrected chi connectivity index (χ2v) is 6.03. The zero-order valence-electron chi connectivity index (χ0n) is 15.4. The molecule has 0 aromatic heterocycles. The van der Waals surface area contributed by atoms with Crippen LogP contribution in [0.25, 0.3) is 0 Å². The standard InChI is InChI=1S/C18H25N2O3.Y/c1-10(2)23-19-17(18-20-22-9-8-21-18)16-14(6)12(4)11(3)13(5)15(16)7;/h10H,6,8-9H2,1-5,7H3;/q-1;/b19-17+;. The van der Waals surface area contributed by atoms with E-state index in [1.807, 2.05) is 13.8 Å². The van der Waals surface area contributed by atoms with Crippen LogP contribution in [0.5, 0.6) is 0 Å². The van der Waals surface area contributed by atoms with E-state index < -0.39 is 0 Å². The summed E-state index contributed by atoms with van der Waals surface area (Å²) in [6, 6.07) is 0. The average molecular weight is 406 g/mol. The summed E-state index contributed by atoms with van der Waals surface area (Å²) in [5, 5.41) is 8.30. The minimum Gasteiger partial charge on any atom is -0.471 e. The molecule has 0 bridgehead atoms. The summed E-state index contributed by atoms with van der Waals surface area (Å²) in [4.78, 5) is 10.6. The summed E-state index contributed by atoms with van der Waals surface area (Å²) >= 11 is 0. The Balaban J connectivity index is 0.00000288. The van der Waals surface area contributed by atoms with Gasteiger partial charge in [0.1, 0.15) is 18.4 Å². The van der Waals surface area contributed by atoms with Gasteiger partial charge in [-0.1, -0.05) is 42.6 Å². The maximum atomic E-state index is 5.63. The van der Waals surface area contributed by atoms with Gasteiger partial charge >= 0.3 is 0 Å². The monoisotopic (exact) mass is 406 g/mol. The quantitative estimate of drug-likeness (QED) is 0.436. The smallest absolute Gasteiger partial charge is 0.267 e. The molecule has 6 heteroatoms. The van der Waals surface area contributed by atoms with Crippen LogP contribution in [0.3, 0.4) is 0 Å². The largest absolute Gasteiger partial charge is 0.471 e. The molecule has 1 aliphatic rings. The first-order valence-corrected chi connectivity index (χ1v) is 7.84. The Hall–Kier alpha value is -1.07. The van der Waals surface area contributed by atoms with Crippen LogP contribution in [0.15, 0.2) is 10.3 Å². The van der Waals surface area contributed by atoms with E-state index in [0.717, 1.165) is 22.3 Å². The Labute approximate surface area is 169 Å². The topological polar surface area (TPSA) is 52.4 Å². The number of oxime groups is 2. The Bertz CT molecular complexity index is 638. The zero-order chi connectivity index (χ0) is 17.1. The van der Waals surface area contributed by atoms with E-state index in [4.69, 9.17) is 14.4 Å². The Kier molecular flexibility index (Phi) is 7.75. The summed E-state index contributed by atoms with van der Waals surface area (Å²) in [7, 11) is 0. The third-order valence-electron chi connectivity index (χ3n) is 4.17. The van der Waals surface area contributed by atoms with Gasteiger partial charge in [-0.15, -0.1) is 11.1 Å². The minimum absolute atomic E-state index is 0. The SMILES string of the molecule is [CH2-]c1c(C)c(C)c(C)c(C)c1/C(=N\OC(C)C)C1=NOCCO1.[Y]. The summed E-state index contributed by atoms with van der Waals surface area (Å²) in [6.07, 6.45) is -0.0451. The molecule has 0 aliphatic carbocycles. The molecule has 1 aromatic rings. The Morgan fingerprint density at radius 3 is 2.25 bits per heavy atom. The number of ether oxygens (including phenoxy) is 1. The number of nitrogens with zero attached hydrogens (tertiary/aromatic N) is 2. The fraction of sp³-hybridized carbons (Fsp3) is 0.500. The van der Waals surface area contributed by atoms with Crippen LogP contribution in [0.4, 0.5) is 0 Å². The molecule has 0 unspecified atom stereocenters. The normalized spacial score (nSPS) is 14.5. The summed E-state index contributed by atoms with van der Waals surface area (Å²) in [6.45, 7) is 17.3. The number of hydrogen-bond acceptors (Lipinski definition) is 5. The molecule has 1 radical (unpaired) electrons. The first kappa shape index (κ1) is 21.0. The van der Waals surface area contributed by atoms with Gasteiger partial charge in [0.05, 0.1) is 0 Å². The third kappa shape index (κ3) is 4.31. The molecule has 5 nitrogen and oxygen atoms in total. The fourth-order valence-electron chi connectivity index (χ4n) is 2.48. The summed E-state index contributed by atoms with van der Waals surface area (Å²) in [5.41, 5.74) is 7.03. The molecule has 24 heavy (non-hydrogen) atoms. The van der Waals surface area contributed by atoms with E-state index >= 15 is 0 Å². The van der Waals surface area contributed by atoms with Crippen LogP contribution in [0.2, 0.25) is 0 Å². The maximum absolute atomic E-state index is 5.63. The molecule has 1 aromatic carbocycles. The summed E-state index contributed by atoms with van der Waals surface area (Å²) < 4.78 is 5.63. The molecule has 0 spiro atoms. The van der Waals surface area contributed by atoms with Crippen molar-refractivity contribution in [2.24, 2.45) is 10.3 Å². The predicted octanol–water partition coefficient (Wildman–Crippen LogP) is 3.59. The van der Waals surface area contributed by atoms with E-state index in [2.05, 4.69) is 44.9 Å². The van der Waals surface area contributed by atoms with Gasteiger partial charge in [-0.25, -0.2) is 0 Å². The van der Waals surface area contributed by atoms with Gasteiger partial charge in [-0.2, -0.15) is 12.5 Å². The van der Waals surface area contributed by atoms with Crippen LogP contribution in [-0.4, -0.2) is 30.9 Å². The van der Waals surface area contributed by atoms with Gasteiger partial charge in [0, 0.05) is 32.7 Å². The van der Waals surface area contributed by atoms with Gasteiger partial charge in [-0.05, 0) is 25.9 Å². The molecule has 0 saturated carbocycles. The molecule has 2 rings (SSSR count). The maximum Gasteiger partial charge on any atom is 0.267 e. The fourth-order valence-corrected chi connectivity index (χ4v) is 2.48. The van der Waals surface area contributed by atoms with Crippen molar-refractivity contribution in [3.05, 3.63) is 40.3 Å². The van der Waals surface area contributed by atoms with Crippen molar-refractivity contribution < 1.29 is 47.1 Å². The molecule has 0 atom stereocenters. The van der Waals surface area contributed by atoms with Crippen molar-refractivity contribution in [3.63, 3.8) is 0 Å². The van der Waals surface area contributed by atoms with Crippen LogP contribution < -0.4 is 0 Å². The molecular formula is C18H25N2O3Y-. The molecular weight excluding hydrogens is 381 g/mol. The third-order valence-corrected chi connectivity index (χ3v) is 4.17. The second-order valence-electron chi connectivity index (χ2n) is 6.03. The van der Waals surface area contributed by atoms with Crippen molar-refractivity contribution in [2.45, 2.75) is 47.6 Å². The van der Waals surface area contributed by atoms with Crippen LogP contribution in [0.1, 0.15) is 47.2 Å². The zero-order valence-corrected chi connectivity index (χ0v) is 18.2. The first-order chi connectivity index (χ1) is 10.8. The predicted molar refractivity (Wildman–Crippen MR) is 91.9 cm³/mol.